The fourth-order valence-electron chi connectivity index (χ4n) is 3.47. The van der Waals surface area contributed by atoms with Gasteiger partial charge in [-0.3, -0.25) is 19.7 Å². The normalized spacial score (nSPS) is 20.6. The number of thioether (sulfide) groups is 1. The Morgan fingerprint density at radius 1 is 1.10 bits per heavy atom. The average Bonchev–Trinajstić information content (AvgIpc) is 3.30. The van der Waals surface area contributed by atoms with Gasteiger partial charge >= 0.3 is 0 Å². The number of hydrogen-bond donors (Lipinski definition) is 3. The third-order valence-corrected chi connectivity index (χ3v) is 6.61. The maximum absolute atomic E-state index is 12.3. The van der Waals surface area contributed by atoms with Gasteiger partial charge in [-0.25, -0.2) is 0 Å². The first-order valence-corrected chi connectivity index (χ1v) is 10.5. The summed E-state index contributed by atoms with van der Waals surface area (Å²) in [5, 5.41) is 7.81. The summed E-state index contributed by atoms with van der Waals surface area (Å²) in [6, 6.07) is 14.1. The maximum Gasteiger partial charge on any atom is 0.275 e. The molecule has 2 aromatic carbocycles. The van der Waals surface area contributed by atoms with Crippen LogP contribution in [-0.2, 0) is 20.8 Å². The average molecular weight is 440 g/mol. The summed E-state index contributed by atoms with van der Waals surface area (Å²) < 4.78 is -0.656. The Morgan fingerprint density at radius 2 is 1.80 bits per heavy atom. The highest BCUT2D eigenvalue weighted by Crippen LogP contribution is 2.39. The molecule has 152 valence electrons. The van der Waals surface area contributed by atoms with E-state index >= 15 is 0 Å². The van der Waals surface area contributed by atoms with Gasteiger partial charge in [0, 0.05) is 10.7 Å². The molecule has 6 nitrogen and oxygen atoms in total. The van der Waals surface area contributed by atoms with Gasteiger partial charge < -0.3 is 11.1 Å². The van der Waals surface area contributed by atoms with Gasteiger partial charge in [-0.2, -0.15) is 0 Å². The van der Waals surface area contributed by atoms with Gasteiger partial charge in [-0.15, -0.1) is 11.8 Å². The van der Waals surface area contributed by atoms with Crippen molar-refractivity contribution in [1.29, 1.82) is 0 Å². The molecule has 8 heteroatoms. The van der Waals surface area contributed by atoms with Gasteiger partial charge in [-0.05, 0) is 53.6 Å². The number of rotatable bonds is 6. The highest BCUT2D eigenvalue weighted by molar-refractivity contribution is 8.04. The van der Waals surface area contributed by atoms with Gasteiger partial charge in [0.1, 0.15) is 10.4 Å². The molecule has 0 fully saturated rings. The molecule has 0 aliphatic carbocycles. The summed E-state index contributed by atoms with van der Waals surface area (Å²) in [6.45, 7) is 0. The lowest BCUT2D eigenvalue weighted by Crippen LogP contribution is -2.40. The molecule has 0 saturated carbocycles. The number of imide groups is 1. The molecule has 0 bridgehead atoms. The molecule has 2 aliphatic heterocycles. The number of benzene rings is 2. The van der Waals surface area contributed by atoms with Crippen molar-refractivity contribution in [3.63, 3.8) is 0 Å². The molecule has 3 amide bonds. The van der Waals surface area contributed by atoms with Gasteiger partial charge in [-0.1, -0.05) is 41.9 Å². The summed E-state index contributed by atoms with van der Waals surface area (Å²) in [7, 11) is 0. The number of allylic oxidation sites excluding steroid dienone is 1. The van der Waals surface area contributed by atoms with Gasteiger partial charge in [0.2, 0.25) is 5.91 Å². The van der Waals surface area contributed by atoms with E-state index < -0.39 is 16.6 Å². The van der Waals surface area contributed by atoms with Crippen molar-refractivity contribution in [1.82, 2.24) is 5.32 Å². The van der Waals surface area contributed by atoms with Gasteiger partial charge in [0.05, 0.1) is 5.57 Å². The number of nitrogens with two attached hydrogens (primary N) is 1. The van der Waals surface area contributed by atoms with E-state index in [0.717, 1.165) is 5.56 Å². The van der Waals surface area contributed by atoms with Gasteiger partial charge in [0.15, 0.2) is 0 Å². The van der Waals surface area contributed by atoms with E-state index in [2.05, 4.69) is 10.6 Å². The highest BCUT2D eigenvalue weighted by Gasteiger charge is 2.38. The first-order chi connectivity index (χ1) is 14.4. The van der Waals surface area contributed by atoms with E-state index in [1.165, 1.54) is 11.8 Å². The van der Waals surface area contributed by atoms with Crippen LogP contribution in [0.1, 0.15) is 17.5 Å². The summed E-state index contributed by atoms with van der Waals surface area (Å²) in [4.78, 5) is 36.6. The van der Waals surface area contributed by atoms with Crippen molar-refractivity contribution >= 4 is 52.3 Å². The zero-order chi connectivity index (χ0) is 21.3. The molecule has 30 heavy (non-hydrogen) atoms. The second-order valence-corrected chi connectivity index (χ2v) is 8.82. The van der Waals surface area contributed by atoms with E-state index in [1.54, 1.807) is 36.4 Å². The predicted molar refractivity (Wildman–Crippen MR) is 119 cm³/mol. The van der Waals surface area contributed by atoms with Crippen molar-refractivity contribution in [3.8, 4) is 0 Å². The number of carbonyl (C=O) groups is 3. The van der Waals surface area contributed by atoms with Crippen LogP contribution < -0.4 is 16.4 Å². The van der Waals surface area contributed by atoms with Crippen LogP contribution in [0, 0.1) is 0 Å². The highest BCUT2D eigenvalue weighted by atomic mass is 35.5. The fourth-order valence-corrected chi connectivity index (χ4v) is 4.61. The summed E-state index contributed by atoms with van der Waals surface area (Å²) in [6.07, 6.45) is 3.07. The van der Waals surface area contributed by atoms with E-state index in [4.69, 9.17) is 17.3 Å². The minimum absolute atomic E-state index is 0.180. The van der Waals surface area contributed by atoms with Crippen LogP contribution in [0.5, 0.6) is 0 Å². The molecule has 0 saturated heterocycles. The third kappa shape index (κ3) is 3.86. The minimum atomic E-state index is -0.656. The lowest BCUT2D eigenvalue weighted by Gasteiger charge is -2.24. The molecule has 2 aliphatic rings. The van der Waals surface area contributed by atoms with Crippen molar-refractivity contribution in [2.75, 3.05) is 5.32 Å². The first-order valence-electron chi connectivity index (χ1n) is 9.22. The quantitative estimate of drug-likeness (QED) is 0.600. The zero-order valence-electron chi connectivity index (χ0n) is 15.8. The van der Waals surface area contributed by atoms with E-state index in [-0.39, 0.29) is 17.2 Å². The molecular weight excluding hydrogens is 422 g/mol. The lowest BCUT2D eigenvalue weighted by molar-refractivity contribution is -0.123. The Labute approximate surface area is 182 Å². The Morgan fingerprint density at radius 3 is 2.40 bits per heavy atom. The van der Waals surface area contributed by atoms with E-state index in [1.807, 2.05) is 23.6 Å². The molecule has 0 spiro atoms. The van der Waals surface area contributed by atoms with Crippen molar-refractivity contribution in [2.24, 2.45) is 5.73 Å². The second-order valence-electron chi connectivity index (χ2n) is 7.09. The topological polar surface area (TPSA) is 101 Å². The fraction of sp³-hybridized carbons (Fsp3) is 0.136. The summed E-state index contributed by atoms with van der Waals surface area (Å²) in [5.74, 6) is -1.29. The first kappa shape index (κ1) is 20.3. The molecule has 2 aromatic rings. The number of primary amides is 1. The number of amides is 3. The Hall–Kier alpha value is -3.03. The van der Waals surface area contributed by atoms with E-state index in [9.17, 15) is 14.4 Å². The zero-order valence-corrected chi connectivity index (χ0v) is 17.3. The second kappa shape index (κ2) is 8.01. The smallest absolute Gasteiger partial charge is 0.275 e. The van der Waals surface area contributed by atoms with Crippen LogP contribution >= 0.6 is 23.4 Å². The largest absolute Gasteiger partial charge is 0.368 e. The standard InChI is InChI=1S/C22H18ClN3O3S/c23-15-6-4-14(5-7-15)17-18(20(28)26-19(17)27)25-16-8-2-13(3-9-16)12-22(21(24)29)10-1-11-30-22/h1-9,11H,10,12H2,(H2,24,29)(H2,25,26,27,28). The molecule has 4 rings (SSSR count). The molecular formula is C22H18ClN3O3S. The lowest BCUT2D eigenvalue weighted by atomic mass is 9.94. The van der Waals surface area contributed by atoms with Crippen LogP contribution in [0.15, 0.2) is 65.7 Å². The van der Waals surface area contributed by atoms with Crippen molar-refractivity contribution < 1.29 is 14.4 Å². The maximum atomic E-state index is 12.3. The number of carbonyl (C=O) groups excluding carboxylic acids is 3. The predicted octanol–water partition coefficient (Wildman–Crippen LogP) is 3.24. The molecule has 0 aromatic heterocycles. The minimum Gasteiger partial charge on any atom is -0.368 e. The SMILES string of the molecule is NC(=O)C1(Cc2ccc(NC3=C(c4ccc(Cl)cc4)C(=O)NC3=O)cc2)CC=CS1. The molecule has 1 atom stereocenters. The number of nitrogens with one attached hydrogen (secondary N) is 2. The van der Waals surface area contributed by atoms with Crippen LogP contribution in [0.2, 0.25) is 5.02 Å². The Balaban J connectivity index is 1.57. The monoisotopic (exact) mass is 439 g/mol. The van der Waals surface area contributed by atoms with Crippen LogP contribution in [-0.4, -0.2) is 22.5 Å². The number of halogens is 1. The number of hydrogen-bond acceptors (Lipinski definition) is 5. The molecule has 1 unspecified atom stereocenters. The van der Waals surface area contributed by atoms with Crippen molar-refractivity contribution in [3.05, 3.63) is 81.9 Å². The molecule has 4 N–H and O–H groups in total. The van der Waals surface area contributed by atoms with Crippen LogP contribution in [0.3, 0.4) is 0 Å². The Kier molecular flexibility index (Phi) is 5.40. The molecule has 0 radical (unpaired) electrons. The summed E-state index contributed by atoms with van der Waals surface area (Å²) in [5.41, 5.74) is 8.27. The Bertz CT molecular complexity index is 1080. The summed E-state index contributed by atoms with van der Waals surface area (Å²) >= 11 is 7.37. The van der Waals surface area contributed by atoms with E-state index in [0.29, 0.717) is 29.1 Å². The van der Waals surface area contributed by atoms with Gasteiger partial charge in [0.25, 0.3) is 11.8 Å². The van der Waals surface area contributed by atoms with Crippen molar-refractivity contribution in [2.45, 2.75) is 17.6 Å². The molecule has 2 heterocycles. The third-order valence-electron chi connectivity index (χ3n) is 5.06. The number of anilines is 1. The van der Waals surface area contributed by atoms with Crippen LogP contribution in [0.4, 0.5) is 5.69 Å². The van der Waals surface area contributed by atoms with Crippen LogP contribution in [0.25, 0.3) is 5.57 Å².